The van der Waals surface area contributed by atoms with Crippen molar-refractivity contribution in [2.45, 2.75) is 33.3 Å². The Kier molecular flexibility index (Phi) is 6.26. The number of aromatic nitrogens is 2. The summed E-state index contributed by atoms with van der Waals surface area (Å²) in [5.41, 5.74) is 3.57. The van der Waals surface area contributed by atoms with Crippen molar-refractivity contribution in [3.8, 4) is 22.5 Å². The molecule has 0 atom stereocenters. The predicted octanol–water partition coefficient (Wildman–Crippen LogP) is 8.16. The maximum absolute atomic E-state index is 7.73. The molecule has 3 aromatic heterocycles. The number of hydrogen-bond donors (Lipinski definition) is 0. The second kappa shape index (κ2) is 11.6. The molecular formula is C33H30IrN2OSi-2. The Morgan fingerprint density at radius 2 is 1.55 bits per heavy atom. The van der Waals surface area contributed by atoms with E-state index in [0.29, 0.717) is 22.4 Å². The normalized spacial score (nSPS) is 14.1. The molecule has 1 radical (unpaired) electrons. The molecule has 0 aliphatic rings. The number of hydrogen-bond acceptors (Lipinski definition) is 3. The van der Waals surface area contributed by atoms with Crippen LogP contribution in [0.25, 0.3) is 44.5 Å². The molecule has 3 nitrogen and oxygen atoms in total. The number of rotatable bonds is 3. The van der Waals surface area contributed by atoms with Crippen molar-refractivity contribution >= 4 is 35.2 Å². The Bertz CT molecular complexity index is 1880. The van der Waals surface area contributed by atoms with E-state index in [4.69, 9.17) is 12.6 Å². The van der Waals surface area contributed by atoms with E-state index in [0.717, 1.165) is 28.2 Å². The van der Waals surface area contributed by atoms with Crippen LogP contribution >= 0.6 is 0 Å². The number of nitrogens with zero attached hydrogens (tertiary/aromatic N) is 2. The van der Waals surface area contributed by atoms with Crippen LogP contribution in [0.15, 0.2) is 95.7 Å². The molecule has 5 heteroatoms. The standard InChI is InChI=1S/C19H14NO.C14H16NSi.Ir/c1-12-10-17(20-11-13(12)2)16-8-5-7-15-14-6-3-4-9-18(14)21-19(15)16;1-16(2,3)13-9-10-14(15-11-13)12-7-5-4-6-8-12;/h3-7,9-11H,1-2H3;4-7,9-11H,1-3H3;/q2*-1;/i1D3,2D3;;. The van der Waals surface area contributed by atoms with Gasteiger partial charge in [0.25, 0.3) is 0 Å². The molecule has 0 aliphatic heterocycles. The molecule has 0 saturated heterocycles. The summed E-state index contributed by atoms with van der Waals surface area (Å²) in [4.78, 5) is 8.73. The van der Waals surface area contributed by atoms with Gasteiger partial charge in [-0.05, 0) is 41.9 Å². The molecule has 0 amide bonds. The first-order valence-electron chi connectivity index (χ1n) is 15.0. The van der Waals surface area contributed by atoms with E-state index < -0.39 is 21.8 Å². The molecule has 6 rings (SSSR count). The molecule has 38 heavy (non-hydrogen) atoms. The summed E-state index contributed by atoms with van der Waals surface area (Å²) < 4.78 is 51.9. The summed E-state index contributed by atoms with van der Waals surface area (Å²) in [6.45, 7) is 1.85. The fourth-order valence-corrected chi connectivity index (χ4v) is 5.06. The summed E-state index contributed by atoms with van der Waals surface area (Å²) >= 11 is 0. The van der Waals surface area contributed by atoms with Crippen molar-refractivity contribution in [3.05, 3.63) is 115 Å². The Morgan fingerprint density at radius 1 is 0.763 bits per heavy atom. The monoisotopic (exact) mass is 697 g/mol. The van der Waals surface area contributed by atoms with Crippen molar-refractivity contribution in [3.63, 3.8) is 0 Å². The fraction of sp³-hybridized carbons (Fsp3) is 0.152. The van der Waals surface area contributed by atoms with Crippen molar-refractivity contribution in [1.82, 2.24) is 9.97 Å². The number of furan rings is 1. The van der Waals surface area contributed by atoms with Crippen LogP contribution in [0, 0.1) is 25.8 Å². The number of aryl methyl sites for hydroxylation is 2. The molecule has 3 aromatic carbocycles. The third kappa shape index (κ3) is 5.86. The molecule has 0 bridgehead atoms. The number of pyridine rings is 2. The van der Waals surface area contributed by atoms with Crippen LogP contribution in [-0.2, 0) is 20.1 Å². The number of fused-ring (bicyclic) bond motifs is 3. The van der Waals surface area contributed by atoms with Gasteiger partial charge in [0.1, 0.15) is 5.58 Å². The average molecular weight is 697 g/mol. The van der Waals surface area contributed by atoms with Gasteiger partial charge in [0.15, 0.2) is 0 Å². The van der Waals surface area contributed by atoms with Crippen LogP contribution < -0.4 is 5.19 Å². The van der Waals surface area contributed by atoms with Gasteiger partial charge in [-0.1, -0.05) is 72.6 Å². The fourth-order valence-electron chi connectivity index (χ4n) is 4.02. The van der Waals surface area contributed by atoms with Gasteiger partial charge < -0.3 is 14.4 Å². The molecule has 3 heterocycles. The van der Waals surface area contributed by atoms with Gasteiger partial charge in [-0.15, -0.1) is 54.1 Å². The molecule has 0 unspecified atom stereocenters. The molecule has 0 spiro atoms. The van der Waals surface area contributed by atoms with Crippen molar-refractivity contribution in [2.24, 2.45) is 0 Å². The van der Waals surface area contributed by atoms with E-state index in [1.807, 2.05) is 60.8 Å². The first-order chi connectivity index (χ1) is 20.2. The summed E-state index contributed by atoms with van der Waals surface area (Å²) in [5, 5.41) is 3.18. The maximum Gasteiger partial charge on any atom is 0.120 e. The van der Waals surface area contributed by atoms with Crippen LogP contribution in [0.1, 0.15) is 19.4 Å². The third-order valence-corrected chi connectivity index (χ3v) is 8.14. The van der Waals surface area contributed by atoms with Gasteiger partial charge in [0, 0.05) is 46.1 Å². The Labute approximate surface area is 247 Å². The molecule has 0 aliphatic carbocycles. The van der Waals surface area contributed by atoms with E-state index in [2.05, 4.69) is 53.9 Å². The van der Waals surface area contributed by atoms with E-state index in [1.165, 1.54) is 11.3 Å². The van der Waals surface area contributed by atoms with Gasteiger partial charge in [0.2, 0.25) is 0 Å². The van der Waals surface area contributed by atoms with E-state index in [1.54, 1.807) is 6.07 Å². The number of para-hydroxylation sites is 1. The van der Waals surface area contributed by atoms with Crippen molar-refractivity contribution in [2.75, 3.05) is 0 Å². The zero-order valence-electron chi connectivity index (χ0n) is 27.3. The number of benzene rings is 3. The first-order valence-corrected chi connectivity index (χ1v) is 15.5. The molecule has 0 saturated carbocycles. The zero-order chi connectivity index (χ0) is 31.0. The summed E-state index contributed by atoms with van der Waals surface area (Å²) in [7, 11) is -1.23. The van der Waals surface area contributed by atoms with Gasteiger partial charge in [-0.2, -0.15) is 0 Å². The predicted molar refractivity (Wildman–Crippen MR) is 157 cm³/mol. The molecule has 0 N–H and O–H groups in total. The average Bonchev–Trinajstić information content (AvgIpc) is 3.35. The topological polar surface area (TPSA) is 38.9 Å². The minimum atomic E-state index is -2.58. The quantitative estimate of drug-likeness (QED) is 0.139. The van der Waals surface area contributed by atoms with Gasteiger partial charge in [-0.25, -0.2) is 0 Å². The Hall–Kier alpha value is -3.37. The van der Waals surface area contributed by atoms with Crippen molar-refractivity contribution < 1.29 is 32.7 Å². The maximum atomic E-state index is 7.73. The largest absolute Gasteiger partial charge is 0.501 e. The van der Waals surface area contributed by atoms with Crippen molar-refractivity contribution in [1.29, 1.82) is 0 Å². The second-order valence-corrected chi connectivity index (χ2v) is 14.8. The minimum absolute atomic E-state index is 0. The molecular weight excluding hydrogens is 661 g/mol. The van der Waals surface area contributed by atoms with Crippen LogP contribution in [-0.4, -0.2) is 18.0 Å². The third-order valence-electron chi connectivity index (χ3n) is 6.11. The van der Waals surface area contributed by atoms with E-state index in [9.17, 15) is 0 Å². The summed E-state index contributed by atoms with van der Waals surface area (Å²) in [6, 6.07) is 30.9. The minimum Gasteiger partial charge on any atom is -0.501 e. The van der Waals surface area contributed by atoms with Gasteiger partial charge in [0.05, 0.1) is 13.7 Å². The second-order valence-electron chi connectivity index (χ2n) is 9.77. The van der Waals surface area contributed by atoms with E-state index >= 15 is 0 Å². The zero-order valence-corrected chi connectivity index (χ0v) is 24.7. The Morgan fingerprint density at radius 3 is 2.26 bits per heavy atom. The Balaban J connectivity index is 0.000000223. The van der Waals surface area contributed by atoms with Crippen LogP contribution in [0.4, 0.5) is 0 Å². The smallest absolute Gasteiger partial charge is 0.120 e. The van der Waals surface area contributed by atoms with Crippen LogP contribution in [0.5, 0.6) is 0 Å². The van der Waals surface area contributed by atoms with Crippen LogP contribution in [0.3, 0.4) is 0 Å². The van der Waals surface area contributed by atoms with E-state index in [-0.39, 0.29) is 31.2 Å². The SMILES string of the molecule is C[Si](C)(C)c1ccc(-c2[c-]cccc2)nc1.[2H]C([2H])([2H])c1cnc(-c2[c-]ccc3c2oc2ccccc23)cc1C([2H])([2H])[2H].[Ir]. The molecule has 0 fully saturated rings. The molecule has 193 valence electrons. The first kappa shape index (κ1) is 20.6. The summed E-state index contributed by atoms with van der Waals surface area (Å²) in [6.07, 6.45) is 3.13. The molecule has 6 aromatic rings. The van der Waals surface area contributed by atoms with Gasteiger partial charge >= 0.3 is 0 Å². The van der Waals surface area contributed by atoms with Crippen LogP contribution in [0.2, 0.25) is 19.6 Å². The summed E-state index contributed by atoms with van der Waals surface area (Å²) in [5.74, 6) is 0. The van der Waals surface area contributed by atoms with Gasteiger partial charge in [-0.3, -0.25) is 0 Å².